The molecule has 2 aromatic heterocycles. The van der Waals surface area contributed by atoms with E-state index in [2.05, 4.69) is 22.0 Å². The minimum atomic E-state index is -2.80. The molecule has 0 fully saturated rings. The summed E-state index contributed by atoms with van der Waals surface area (Å²) >= 11 is 0.943. The number of aromatic nitrogens is 3. The van der Waals surface area contributed by atoms with Gasteiger partial charge in [-0.2, -0.15) is 10.4 Å². The van der Waals surface area contributed by atoms with Gasteiger partial charge in [-0.25, -0.2) is 13.8 Å². The van der Waals surface area contributed by atoms with E-state index in [9.17, 15) is 18.8 Å². The number of carbonyl (C=O) groups excluding carboxylic acids is 1. The van der Waals surface area contributed by atoms with Gasteiger partial charge in [-0.05, 0) is 13.0 Å². The molecule has 0 aliphatic heterocycles. The van der Waals surface area contributed by atoms with E-state index in [1.165, 1.54) is 18.3 Å². The van der Waals surface area contributed by atoms with Gasteiger partial charge in [-0.1, -0.05) is 17.8 Å². The van der Waals surface area contributed by atoms with E-state index in [1.807, 2.05) is 6.07 Å². The van der Waals surface area contributed by atoms with Crippen LogP contribution in [-0.4, -0.2) is 33.0 Å². The number of nitrogens with one attached hydrogen (secondary N) is 1. The van der Waals surface area contributed by atoms with Crippen molar-refractivity contribution in [3.8, 4) is 17.2 Å². The molecule has 26 heavy (non-hydrogen) atoms. The van der Waals surface area contributed by atoms with E-state index in [1.54, 1.807) is 18.7 Å². The van der Waals surface area contributed by atoms with Crippen molar-refractivity contribution in [1.29, 1.82) is 5.26 Å². The Labute approximate surface area is 153 Å². The average Bonchev–Trinajstić information content (AvgIpc) is 2.96. The molecule has 0 saturated carbocycles. The number of nitriles is 1. The van der Waals surface area contributed by atoms with E-state index >= 15 is 0 Å². The molecule has 0 saturated heterocycles. The molecule has 2 rings (SSSR count). The summed E-state index contributed by atoms with van der Waals surface area (Å²) in [6.07, 6.45) is 0.251. The zero-order valence-corrected chi connectivity index (χ0v) is 15.1. The van der Waals surface area contributed by atoms with Crippen molar-refractivity contribution in [2.75, 3.05) is 12.3 Å². The van der Waals surface area contributed by atoms with Crippen LogP contribution in [0.5, 0.6) is 0 Å². The molecule has 136 valence electrons. The molecule has 0 spiro atoms. The number of carbonyl (C=O) groups is 1. The zero-order chi connectivity index (χ0) is 19.3. The predicted molar refractivity (Wildman–Crippen MR) is 94.8 cm³/mol. The smallest absolute Gasteiger partial charge is 0.280 e. The lowest BCUT2D eigenvalue weighted by atomic mass is 10.0. The number of halogens is 2. The molecule has 9 heteroatoms. The van der Waals surface area contributed by atoms with Crippen LogP contribution in [0.2, 0.25) is 0 Å². The fraction of sp³-hybridized carbons (Fsp3) is 0.294. The third-order valence-electron chi connectivity index (χ3n) is 3.65. The van der Waals surface area contributed by atoms with Crippen LogP contribution in [0.4, 0.5) is 8.78 Å². The second kappa shape index (κ2) is 8.58. The van der Waals surface area contributed by atoms with Gasteiger partial charge in [-0.3, -0.25) is 9.48 Å². The summed E-state index contributed by atoms with van der Waals surface area (Å²) in [7, 11) is 1.72. The number of thioether (sulfide) groups is 1. The molecule has 0 aromatic carbocycles. The van der Waals surface area contributed by atoms with Gasteiger partial charge in [0.1, 0.15) is 16.8 Å². The number of amides is 1. The summed E-state index contributed by atoms with van der Waals surface area (Å²) in [5.41, 5.74) is 1.33. The largest absolute Gasteiger partial charge is 0.352 e. The predicted octanol–water partition coefficient (Wildman–Crippen LogP) is 2.99. The minimum Gasteiger partial charge on any atom is -0.352 e. The molecular weight excluding hydrogens is 360 g/mol. The van der Waals surface area contributed by atoms with E-state index in [0.717, 1.165) is 17.5 Å². The number of alkyl halides is 2. The zero-order valence-electron chi connectivity index (χ0n) is 14.3. The Morgan fingerprint density at radius 1 is 1.54 bits per heavy atom. The number of nitrogens with zero attached hydrogens (tertiary/aromatic N) is 4. The Kier molecular flexibility index (Phi) is 6.46. The van der Waals surface area contributed by atoms with Crippen molar-refractivity contribution in [1.82, 2.24) is 20.1 Å². The second-order valence-electron chi connectivity index (χ2n) is 5.34. The van der Waals surface area contributed by atoms with Crippen LogP contribution in [0.1, 0.15) is 23.4 Å². The maximum atomic E-state index is 13.3. The van der Waals surface area contributed by atoms with Crippen LogP contribution >= 0.6 is 11.8 Å². The maximum Gasteiger partial charge on any atom is 0.280 e. The molecule has 0 radical (unpaired) electrons. The Morgan fingerprint density at radius 2 is 2.27 bits per heavy atom. The number of hydrogen-bond donors (Lipinski definition) is 1. The highest BCUT2D eigenvalue weighted by atomic mass is 32.2. The molecular formula is C17H17F2N5OS. The molecule has 2 heterocycles. The van der Waals surface area contributed by atoms with Crippen molar-refractivity contribution < 1.29 is 13.6 Å². The lowest BCUT2D eigenvalue weighted by Crippen LogP contribution is -2.25. The summed E-state index contributed by atoms with van der Waals surface area (Å²) < 4.78 is 28.2. The van der Waals surface area contributed by atoms with Gasteiger partial charge < -0.3 is 5.32 Å². The SMILES string of the molecule is C=CCNC(=O)CSc1nc(C(F)F)cc(-c2cnn(C)c2C)c1C#N. The van der Waals surface area contributed by atoms with Crippen molar-refractivity contribution >= 4 is 17.7 Å². The summed E-state index contributed by atoms with van der Waals surface area (Å²) in [6.45, 7) is 5.58. The highest BCUT2D eigenvalue weighted by Crippen LogP contribution is 2.34. The molecule has 2 aromatic rings. The van der Waals surface area contributed by atoms with Gasteiger partial charge in [-0.15, -0.1) is 6.58 Å². The average molecular weight is 377 g/mol. The Hall–Kier alpha value is -2.73. The number of aryl methyl sites for hydroxylation is 1. The topological polar surface area (TPSA) is 83.6 Å². The second-order valence-corrected chi connectivity index (χ2v) is 6.30. The van der Waals surface area contributed by atoms with Gasteiger partial charge in [0, 0.05) is 30.4 Å². The van der Waals surface area contributed by atoms with E-state index in [-0.39, 0.29) is 22.2 Å². The van der Waals surface area contributed by atoms with Crippen LogP contribution in [0, 0.1) is 18.3 Å². The normalized spacial score (nSPS) is 10.6. The van der Waals surface area contributed by atoms with Crippen molar-refractivity contribution in [2.24, 2.45) is 7.05 Å². The highest BCUT2D eigenvalue weighted by molar-refractivity contribution is 8.00. The summed E-state index contributed by atoms with van der Waals surface area (Å²) in [4.78, 5) is 15.6. The molecule has 6 nitrogen and oxygen atoms in total. The van der Waals surface area contributed by atoms with Crippen LogP contribution in [0.15, 0.2) is 29.9 Å². The molecule has 1 amide bonds. The van der Waals surface area contributed by atoms with Gasteiger partial charge >= 0.3 is 0 Å². The Morgan fingerprint density at radius 3 is 2.81 bits per heavy atom. The third-order valence-corrected chi connectivity index (χ3v) is 4.63. The Bertz CT molecular complexity index is 873. The van der Waals surface area contributed by atoms with E-state index < -0.39 is 12.1 Å². The number of pyridine rings is 1. The van der Waals surface area contributed by atoms with Crippen LogP contribution in [0.25, 0.3) is 11.1 Å². The maximum absolute atomic E-state index is 13.3. The molecule has 0 aliphatic rings. The highest BCUT2D eigenvalue weighted by Gasteiger charge is 2.21. The van der Waals surface area contributed by atoms with Crippen LogP contribution < -0.4 is 5.32 Å². The van der Waals surface area contributed by atoms with Gasteiger partial charge in [0.05, 0.1) is 17.5 Å². The number of hydrogen-bond acceptors (Lipinski definition) is 5. The molecule has 0 aliphatic carbocycles. The molecule has 0 unspecified atom stereocenters. The first-order valence-corrected chi connectivity index (χ1v) is 8.60. The quantitative estimate of drug-likeness (QED) is 0.592. The van der Waals surface area contributed by atoms with Crippen molar-refractivity contribution in [3.63, 3.8) is 0 Å². The summed E-state index contributed by atoms with van der Waals surface area (Å²) in [5.74, 6) is -0.352. The molecule has 0 atom stereocenters. The summed E-state index contributed by atoms with van der Waals surface area (Å²) in [5, 5.41) is 16.3. The lowest BCUT2D eigenvalue weighted by molar-refractivity contribution is -0.118. The molecule has 0 bridgehead atoms. The standard InChI is InChI=1S/C17H17F2N5OS/c1-4-5-21-15(25)9-26-17-12(7-20)11(6-14(23-17)16(18)19)13-8-22-24(3)10(13)2/h4,6,8,16H,1,5,9H2,2-3H3,(H,21,25). The minimum absolute atomic E-state index is 0.0479. The van der Waals surface area contributed by atoms with E-state index in [4.69, 9.17) is 0 Å². The Balaban J connectivity index is 2.47. The molecule has 1 N–H and O–H groups in total. The van der Waals surface area contributed by atoms with Crippen LogP contribution in [0.3, 0.4) is 0 Å². The monoisotopic (exact) mass is 377 g/mol. The first-order chi connectivity index (χ1) is 12.4. The van der Waals surface area contributed by atoms with Crippen LogP contribution in [-0.2, 0) is 11.8 Å². The van der Waals surface area contributed by atoms with Gasteiger partial charge in [0.15, 0.2) is 0 Å². The fourth-order valence-electron chi connectivity index (χ4n) is 2.21. The first-order valence-electron chi connectivity index (χ1n) is 7.61. The first kappa shape index (κ1) is 19.6. The fourth-order valence-corrected chi connectivity index (χ4v) is 3.05. The third kappa shape index (κ3) is 4.26. The number of rotatable bonds is 7. The van der Waals surface area contributed by atoms with Crippen molar-refractivity contribution in [3.05, 3.63) is 41.9 Å². The summed E-state index contributed by atoms with van der Waals surface area (Å²) in [6, 6.07) is 3.22. The van der Waals surface area contributed by atoms with E-state index in [0.29, 0.717) is 17.7 Å². The van der Waals surface area contributed by atoms with Crippen molar-refractivity contribution in [2.45, 2.75) is 18.4 Å². The lowest BCUT2D eigenvalue weighted by Gasteiger charge is -2.11. The van der Waals surface area contributed by atoms with Gasteiger partial charge in [0.2, 0.25) is 5.91 Å². The van der Waals surface area contributed by atoms with Gasteiger partial charge in [0.25, 0.3) is 6.43 Å².